The summed E-state index contributed by atoms with van der Waals surface area (Å²) < 4.78 is 0. The third-order valence-electron chi connectivity index (χ3n) is 4.54. The van der Waals surface area contributed by atoms with Crippen LogP contribution in [-0.4, -0.2) is 47.0 Å². The minimum Gasteiger partial charge on any atom is -0.351 e. The Balaban J connectivity index is 1.48. The Bertz CT molecular complexity index is 794. The smallest absolute Gasteiger partial charge is 0.253 e. The second kappa shape index (κ2) is 8.81. The van der Waals surface area contributed by atoms with Crippen LogP contribution in [0.1, 0.15) is 30.1 Å². The number of aromatic nitrogens is 2. The van der Waals surface area contributed by atoms with Crippen LogP contribution in [0.4, 0.5) is 5.95 Å². The number of nitrogens with zero attached hydrogens (tertiary/aromatic N) is 3. The molecule has 1 atom stereocenters. The lowest BCUT2D eigenvalue weighted by Crippen LogP contribution is -2.51. The normalized spacial score (nSPS) is 15.9. The summed E-state index contributed by atoms with van der Waals surface area (Å²) in [6, 6.07) is 7.96. The van der Waals surface area contributed by atoms with Gasteiger partial charge in [0, 0.05) is 31.5 Å². The quantitative estimate of drug-likeness (QED) is 0.819. The number of rotatable bonds is 5. The fraction of sp³-hybridized carbons (Fsp3) is 0.368. The Morgan fingerprint density at radius 1 is 1.15 bits per heavy atom. The van der Waals surface area contributed by atoms with Gasteiger partial charge < -0.3 is 15.5 Å². The molecule has 1 fully saturated rings. The number of piperidine rings is 1. The highest BCUT2D eigenvalue weighted by molar-refractivity contribution is 6.33. The van der Waals surface area contributed by atoms with Gasteiger partial charge in [-0.05, 0) is 38.0 Å². The van der Waals surface area contributed by atoms with Crippen molar-refractivity contribution in [1.29, 1.82) is 0 Å². The molecule has 2 aromatic rings. The van der Waals surface area contributed by atoms with Gasteiger partial charge in [-0.25, -0.2) is 9.97 Å². The van der Waals surface area contributed by atoms with E-state index in [2.05, 4.69) is 25.5 Å². The first kappa shape index (κ1) is 19.1. The molecule has 2 N–H and O–H groups in total. The van der Waals surface area contributed by atoms with Crippen LogP contribution in [0.3, 0.4) is 0 Å². The van der Waals surface area contributed by atoms with Gasteiger partial charge in [-0.15, -0.1) is 0 Å². The third kappa shape index (κ3) is 4.95. The molecule has 0 radical (unpaired) electrons. The van der Waals surface area contributed by atoms with Crippen LogP contribution in [-0.2, 0) is 4.79 Å². The van der Waals surface area contributed by atoms with Crippen LogP contribution in [0, 0.1) is 0 Å². The van der Waals surface area contributed by atoms with Gasteiger partial charge in [0.05, 0.1) is 10.6 Å². The van der Waals surface area contributed by atoms with E-state index in [1.54, 1.807) is 49.6 Å². The first-order valence-electron chi connectivity index (χ1n) is 8.92. The third-order valence-corrected chi connectivity index (χ3v) is 4.87. The Labute approximate surface area is 163 Å². The van der Waals surface area contributed by atoms with Gasteiger partial charge in [-0.3, -0.25) is 9.59 Å². The number of anilines is 1. The second-order valence-corrected chi connectivity index (χ2v) is 6.90. The predicted octanol–water partition coefficient (Wildman–Crippen LogP) is 2.03. The molecule has 0 spiro atoms. The minimum absolute atomic E-state index is 0.0668. The van der Waals surface area contributed by atoms with Gasteiger partial charge in [0.15, 0.2) is 0 Å². The summed E-state index contributed by atoms with van der Waals surface area (Å²) >= 11 is 6.03. The fourth-order valence-electron chi connectivity index (χ4n) is 2.99. The molecule has 1 aliphatic rings. The monoisotopic (exact) mass is 387 g/mol. The van der Waals surface area contributed by atoms with Crippen LogP contribution < -0.4 is 15.5 Å². The van der Waals surface area contributed by atoms with Crippen molar-refractivity contribution in [2.75, 3.05) is 18.0 Å². The van der Waals surface area contributed by atoms with Gasteiger partial charge in [0.25, 0.3) is 5.91 Å². The molecule has 142 valence electrons. The zero-order chi connectivity index (χ0) is 19.2. The maximum absolute atomic E-state index is 12.4. The van der Waals surface area contributed by atoms with E-state index < -0.39 is 6.04 Å². The number of carbonyl (C=O) groups is 2. The molecular weight excluding hydrogens is 366 g/mol. The van der Waals surface area contributed by atoms with Crippen molar-refractivity contribution < 1.29 is 9.59 Å². The van der Waals surface area contributed by atoms with E-state index in [1.807, 2.05) is 0 Å². The Kier molecular flexibility index (Phi) is 6.24. The maximum Gasteiger partial charge on any atom is 0.253 e. The average molecular weight is 388 g/mol. The molecule has 1 saturated heterocycles. The topological polar surface area (TPSA) is 87.2 Å². The van der Waals surface area contributed by atoms with Crippen LogP contribution >= 0.6 is 11.6 Å². The molecule has 27 heavy (non-hydrogen) atoms. The van der Waals surface area contributed by atoms with E-state index in [0.717, 1.165) is 25.9 Å². The van der Waals surface area contributed by atoms with Gasteiger partial charge in [0.1, 0.15) is 6.04 Å². The van der Waals surface area contributed by atoms with Crippen molar-refractivity contribution in [3.8, 4) is 0 Å². The zero-order valence-corrected chi connectivity index (χ0v) is 15.8. The van der Waals surface area contributed by atoms with Crippen molar-refractivity contribution in [1.82, 2.24) is 20.6 Å². The van der Waals surface area contributed by atoms with Crippen molar-refractivity contribution in [2.45, 2.75) is 31.8 Å². The molecule has 8 heteroatoms. The van der Waals surface area contributed by atoms with E-state index >= 15 is 0 Å². The molecular formula is C19H22ClN5O2. The van der Waals surface area contributed by atoms with Gasteiger partial charge >= 0.3 is 0 Å². The van der Waals surface area contributed by atoms with Crippen molar-refractivity contribution in [3.05, 3.63) is 53.3 Å². The zero-order valence-electron chi connectivity index (χ0n) is 15.1. The summed E-state index contributed by atoms with van der Waals surface area (Å²) in [6.07, 6.45) is 5.05. The largest absolute Gasteiger partial charge is 0.351 e. The predicted molar refractivity (Wildman–Crippen MR) is 104 cm³/mol. The number of benzene rings is 1. The molecule has 1 unspecified atom stereocenters. The molecule has 2 heterocycles. The average Bonchev–Trinajstić information content (AvgIpc) is 2.69. The number of hydrogen-bond acceptors (Lipinski definition) is 5. The number of nitrogens with one attached hydrogen (secondary N) is 2. The number of carbonyl (C=O) groups excluding carboxylic acids is 2. The molecule has 1 aromatic heterocycles. The lowest BCUT2D eigenvalue weighted by molar-refractivity contribution is -0.123. The van der Waals surface area contributed by atoms with Crippen molar-refractivity contribution in [3.63, 3.8) is 0 Å². The summed E-state index contributed by atoms with van der Waals surface area (Å²) in [5.41, 5.74) is 0.356. The van der Waals surface area contributed by atoms with Gasteiger partial charge in [-0.1, -0.05) is 23.7 Å². The first-order chi connectivity index (χ1) is 13.0. The SMILES string of the molecule is CC(NC(=O)c1ccccc1Cl)C(=O)NC1CCN(c2ncccn2)CC1. The Hall–Kier alpha value is -2.67. The lowest BCUT2D eigenvalue weighted by atomic mass is 10.0. The molecule has 1 aromatic carbocycles. The van der Waals surface area contributed by atoms with Crippen molar-refractivity contribution in [2.24, 2.45) is 0 Å². The summed E-state index contributed by atoms with van der Waals surface area (Å²) in [7, 11) is 0. The second-order valence-electron chi connectivity index (χ2n) is 6.49. The summed E-state index contributed by atoms with van der Waals surface area (Å²) in [5, 5.41) is 6.06. The number of amides is 2. The molecule has 0 bridgehead atoms. The Morgan fingerprint density at radius 3 is 2.48 bits per heavy atom. The molecule has 0 aliphatic carbocycles. The van der Waals surface area contributed by atoms with Crippen LogP contribution in [0.15, 0.2) is 42.7 Å². The number of halogens is 1. The molecule has 0 saturated carbocycles. The van der Waals surface area contributed by atoms with Gasteiger partial charge in [0.2, 0.25) is 11.9 Å². The van der Waals surface area contributed by atoms with Crippen LogP contribution in [0.2, 0.25) is 5.02 Å². The molecule has 3 rings (SSSR count). The highest BCUT2D eigenvalue weighted by Crippen LogP contribution is 2.16. The summed E-state index contributed by atoms with van der Waals surface area (Å²) in [5.74, 6) is 0.145. The molecule has 1 aliphatic heterocycles. The van der Waals surface area contributed by atoms with Crippen LogP contribution in [0.5, 0.6) is 0 Å². The highest BCUT2D eigenvalue weighted by atomic mass is 35.5. The maximum atomic E-state index is 12.4. The summed E-state index contributed by atoms with van der Waals surface area (Å²) in [6.45, 7) is 3.21. The van der Waals surface area contributed by atoms with Crippen molar-refractivity contribution >= 4 is 29.4 Å². The lowest BCUT2D eigenvalue weighted by Gasteiger charge is -2.32. The van der Waals surface area contributed by atoms with E-state index in [4.69, 9.17) is 11.6 Å². The Morgan fingerprint density at radius 2 is 1.81 bits per heavy atom. The standard InChI is InChI=1S/C19H22ClN5O2/c1-13(23-18(27)15-5-2-3-6-16(15)20)17(26)24-14-7-11-25(12-8-14)19-21-9-4-10-22-19/h2-6,9-10,13-14H,7-8,11-12H2,1H3,(H,23,27)(H,24,26). The minimum atomic E-state index is -0.649. The van der Waals surface area contributed by atoms with E-state index in [9.17, 15) is 9.59 Å². The molecule has 2 amide bonds. The van der Waals surface area contributed by atoms with E-state index in [1.165, 1.54) is 0 Å². The van der Waals surface area contributed by atoms with E-state index in [-0.39, 0.29) is 17.9 Å². The fourth-order valence-corrected chi connectivity index (χ4v) is 3.21. The number of hydrogen-bond donors (Lipinski definition) is 2. The van der Waals surface area contributed by atoms with Crippen LogP contribution in [0.25, 0.3) is 0 Å². The summed E-state index contributed by atoms with van der Waals surface area (Å²) in [4.78, 5) is 35.3. The molecule has 7 nitrogen and oxygen atoms in total. The van der Waals surface area contributed by atoms with Gasteiger partial charge in [-0.2, -0.15) is 0 Å². The highest BCUT2D eigenvalue weighted by Gasteiger charge is 2.25. The first-order valence-corrected chi connectivity index (χ1v) is 9.30. The van der Waals surface area contributed by atoms with E-state index in [0.29, 0.717) is 16.5 Å².